The van der Waals surface area contributed by atoms with Crippen LogP contribution in [0.1, 0.15) is 12.5 Å². The summed E-state index contributed by atoms with van der Waals surface area (Å²) >= 11 is 0. The Morgan fingerprint density at radius 2 is 1.34 bits per heavy atom. The predicted molar refractivity (Wildman–Crippen MR) is 160 cm³/mol. The van der Waals surface area contributed by atoms with Crippen molar-refractivity contribution in [2.45, 2.75) is 12.5 Å². The summed E-state index contributed by atoms with van der Waals surface area (Å²) in [5, 5.41) is 4.91. The maximum absolute atomic E-state index is 6.34. The van der Waals surface area contributed by atoms with Gasteiger partial charge < -0.3 is 8.98 Å². The Bertz CT molecular complexity index is 2070. The number of para-hydroxylation sites is 3. The van der Waals surface area contributed by atoms with E-state index in [2.05, 4.69) is 126 Å². The number of allylic oxidation sites excluding steroid dienone is 4. The van der Waals surface area contributed by atoms with E-state index in [1.807, 2.05) is 12.1 Å². The summed E-state index contributed by atoms with van der Waals surface area (Å²) in [6.07, 6.45) is 9.88. The smallest absolute Gasteiger partial charge is 0.143 e. The van der Waals surface area contributed by atoms with E-state index in [0.29, 0.717) is 6.04 Å². The molecule has 0 radical (unpaired) electrons. The van der Waals surface area contributed by atoms with Crippen molar-refractivity contribution in [3.05, 3.63) is 133 Å². The topological polar surface area (TPSA) is 18.1 Å². The van der Waals surface area contributed by atoms with Crippen molar-refractivity contribution in [2.75, 3.05) is 0 Å². The molecule has 0 N–H and O–H groups in total. The highest BCUT2D eigenvalue weighted by atomic mass is 16.3. The largest absolute Gasteiger partial charge is 0.455 e. The van der Waals surface area contributed by atoms with Crippen molar-refractivity contribution in [3.8, 4) is 22.3 Å². The van der Waals surface area contributed by atoms with Crippen molar-refractivity contribution in [1.82, 2.24) is 4.57 Å². The average molecular weight is 488 g/mol. The van der Waals surface area contributed by atoms with Crippen molar-refractivity contribution >= 4 is 43.7 Å². The maximum Gasteiger partial charge on any atom is 0.143 e. The average Bonchev–Trinajstić information content (AvgIpc) is 3.53. The molecule has 2 aromatic heterocycles. The van der Waals surface area contributed by atoms with E-state index in [1.54, 1.807) is 0 Å². The molecule has 0 spiro atoms. The Hall–Kier alpha value is -4.82. The van der Waals surface area contributed by atoms with Crippen LogP contribution in [0.3, 0.4) is 0 Å². The molecule has 0 fully saturated rings. The molecular weight excluding hydrogens is 462 g/mol. The van der Waals surface area contributed by atoms with Crippen LogP contribution in [0.2, 0.25) is 0 Å². The summed E-state index contributed by atoms with van der Waals surface area (Å²) in [7, 11) is 0. The van der Waals surface area contributed by atoms with Crippen LogP contribution in [0, 0.1) is 0 Å². The van der Waals surface area contributed by atoms with Crippen molar-refractivity contribution < 1.29 is 4.42 Å². The Kier molecular flexibility index (Phi) is 4.68. The second-order valence-electron chi connectivity index (χ2n) is 10.1. The van der Waals surface area contributed by atoms with E-state index in [4.69, 9.17) is 4.42 Å². The van der Waals surface area contributed by atoms with Gasteiger partial charge in [-0.1, -0.05) is 103 Å². The highest BCUT2D eigenvalue weighted by Gasteiger charge is 2.18. The molecule has 1 aliphatic rings. The van der Waals surface area contributed by atoms with Crippen molar-refractivity contribution in [2.24, 2.45) is 0 Å². The van der Waals surface area contributed by atoms with Gasteiger partial charge in [-0.2, -0.15) is 0 Å². The second kappa shape index (κ2) is 8.36. The summed E-state index contributed by atoms with van der Waals surface area (Å²) in [6, 6.07) is 39.6. The molecule has 0 saturated carbocycles. The highest BCUT2D eigenvalue weighted by Crippen LogP contribution is 2.39. The number of nitrogens with zero attached hydrogens (tertiary/aromatic N) is 1. The van der Waals surface area contributed by atoms with Gasteiger partial charge in [-0.3, -0.25) is 0 Å². The molecule has 1 aliphatic carbocycles. The van der Waals surface area contributed by atoms with E-state index in [9.17, 15) is 0 Å². The van der Waals surface area contributed by atoms with Crippen LogP contribution in [0.15, 0.2) is 138 Å². The summed E-state index contributed by atoms with van der Waals surface area (Å²) in [4.78, 5) is 0. The van der Waals surface area contributed by atoms with Gasteiger partial charge in [0, 0.05) is 38.1 Å². The molecule has 0 amide bonds. The SMILES string of the molecule is C1=CCC(n2c3ccccc3c3cc(-c4cccc(-c5cccc6c5oc5ccccc56)c4)ccc32)C=C1. The minimum Gasteiger partial charge on any atom is -0.455 e. The molecule has 0 bridgehead atoms. The molecule has 5 aromatic carbocycles. The first-order chi connectivity index (χ1) is 18.8. The lowest BCUT2D eigenvalue weighted by Crippen LogP contribution is -2.06. The fraction of sp³-hybridized carbons (Fsp3) is 0.0556. The fourth-order valence-corrected chi connectivity index (χ4v) is 6.14. The zero-order valence-electron chi connectivity index (χ0n) is 20.8. The van der Waals surface area contributed by atoms with Crippen LogP contribution >= 0.6 is 0 Å². The fourth-order valence-electron chi connectivity index (χ4n) is 6.14. The van der Waals surface area contributed by atoms with E-state index in [1.165, 1.54) is 32.9 Å². The minimum atomic E-state index is 0.334. The number of hydrogen-bond acceptors (Lipinski definition) is 1. The summed E-state index contributed by atoms with van der Waals surface area (Å²) in [6.45, 7) is 0. The van der Waals surface area contributed by atoms with E-state index in [0.717, 1.165) is 39.5 Å². The monoisotopic (exact) mass is 487 g/mol. The first-order valence-electron chi connectivity index (χ1n) is 13.2. The van der Waals surface area contributed by atoms with Crippen LogP contribution in [0.25, 0.3) is 66.0 Å². The lowest BCUT2D eigenvalue weighted by Gasteiger charge is -2.18. The maximum atomic E-state index is 6.34. The molecule has 0 aliphatic heterocycles. The Balaban J connectivity index is 1.29. The van der Waals surface area contributed by atoms with Gasteiger partial charge >= 0.3 is 0 Å². The lowest BCUT2D eigenvalue weighted by atomic mass is 9.97. The van der Waals surface area contributed by atoms with Crippen molar-refractivity contribution in [3.63, 3.8) is 0 Å². The van der Waals surface area contributed by atoms with Gasteiger partial charge in [-0.05, 0) is 53.4 Å². The first kappa shape index (κ1) is 21.3. The normalized spacial score (nSPS) is 15.3. The zero-order valence-corrected chi connectivity index (χ0v) is 20.8. The Labute approximate surface area is 220 Å². The molecule has 2 heterocycles. The number of furan rings is 1. The van der Waals surface area contributed by atoms with Crippen LogP contribution in [-0.4, -0.2) is 4.57 Å². The van der Waals surface area contributed by atoms with Crippen molar-refractivity contribution in [1.29, 1.82) is 0 Å². The van der Waals surface area contributed by atoms with Crippen LogP contribution in [-0.2, 0) is 0 Å². The molecular formula is C36H25NO. The number of rotatable bonds is 3. The number of benzene rings is 5. The van der Waals surface area contributed by atoms with Gasteiger partial charge in [-0.25, -0.2) is 0 Å². The quantitative estimate of drug-likeness (QED) is 0.242. The number of aromatic nitrogens is 1. The number of fused-ring (bicyclic) bond motifs is 6. The molecule has 8 rings (SSSR count). The Morgan fingerprint density at radius 1 is 0.579 bits per heavy atom. The molecule has 38 heavy (non-hydrogen) atoms. The first-order valence-corrected chi connectivity index (χ1v) is 13.2. The van der Waals surface area contributed by atoms with Gasteiger partial charge in [0.2, 0.25) is 0 Å². The molecule has 180 valence electrons. The molecule has 1 unspecified atom stereocenters. The van der Waals surface area contributed by atoms with E-state index < -0.39 is 0 Å². The minimum absolute atomic E-state index is 0.334. The summed E-state index contributed by atoms with van der Waals surface area (Å²) in [5.41, 5.74) is 9.14. The van der Waals surface area contributed by atoms with Gasteiger partial charge in [0.15, 0.2) is 0 Å². The Morgan fingerprint density at radius 3 is 2.26 bits per heavy atom. The third kappa shape index (κ3) is 3.20. The van der Waals surface area contributed by atoms with E-state index >= 15 is 0 Å². The number of hydrogen-bond donors (Lipinski definition) is 0. The van der Waals surface area contributed by atoms with Crippen LogP contribution < -0.4 is 0 Å². The summed E-state index contributed by atoms with van der Waals surface area (Å²) in [5.74, 6) is 0. The summed E-state index contributed by atoms with van der Waals surface area (Å²) < 4.78 is 8.83. The second-order valence-corrected chi connectivity index (χ2v) is 10.1. The molecule has 2 heteroatoms. The van der Waals surface area contributed by atoms with Gasteiger partial charge in [0.05, 0.1) is 6.04 Å². The molecule has 0 saturated heterocycles. The van der Waals surface area contributed by atoms with Gasteiger partial charge in [0.1, 0.15) is 11.2 Å². The van der Waals surface area contributed by atoms with E-state index in [-0.39, 0.29) is 0 Å². The third-order valence-corrected chi connectivity index (χ3v) is 7.91. The van der Waals surface area contributed by atoms with Crippen LogP contribution in [0.5, 0.6) is 0 Å². The molecule has 1 atom stereocenters. The molecule has 2 nitrogen and oxygen atoms in total. The standard InChI is InChI=1S/C36H25NO/c1-2-12-27(13-3-1)37-33-18-6-4-14-29(33)32-23-25(20-21-34(32)37)24-10-8-11-26(22-24)28-16-9-17-31-30-15-5-7-19-35(30)38-36(28)31/h1-12,14-23,27H,13H2. The highest BCUT2D eigenvalue weighted by molar-refractivity contribution is 6.11. The van der Waals surface area contributed by atoms with Crippen LogP contribution in [0.4, 0.5) is 0 Å². The van der Waals surface area contributed by atoms with Gasteiger partial charge in [0.25, 0.3) is 0 Å². The zero-order chi connectivity index (χ0) is 25.1. The van der Waals surface area contributed by atoms with Gasteiger partial charge in [-0.15, -0.1) is 0 Å². The predicted octanol–water partition coefficient (Wildman–Crippen LogP) is 10.1. The lowest BCUT2D eigenvalue weighted by molar-refractivity contribution is 0.648. The molecule has 7 aromatic rings. The third-order valence-electron chi connectivity index (χ3n) is 7.91.